The number of aliphatic hydroxyl groups excluding tert-OH is 1. The Morgan fingerprint density at radius 1 is 1.56 bits per heavy atom. The fourth-order valence-electron chi connectivity index (χ4n) is 1.03. The highest BCUT2D eigenvalue weighted by atomic mass is 16.3. The second-order valence-corrected chi connectivity index (χ2v) is 3.66. The van der Waals surface area contributed by atoms with Crippen molar-refractivity contribution in [1.29, 1.82) is 0 Å². The van der Waals surface area contributed by atoms with Crippen molar-refractivity contribution >= 4 is 11.8 Å². The molecule has 1 rings (SSSR count). The third-order valence-electron chi connectivity index (χ3n) is 2.31. The standard InChI is InChI=1S/C10H16N4O2/c1-7(6-15)8(2)12-10(16)13-9-4-3-5-11-14-9/h3-5,7-8,15H,6H2,1-2H3,(H2,12,13,14,16). The Morgan fingerprint density at radius 2 is 2.31 bits per heavy atom. The SMILES string of the molecule is CC(CO)C(C)NC(=O)Nc1cccnn1. The number of anilines is 1. The van der Waals surface area contributed by atoms with E-state index in [-0.39, 0.29) is 24.6 Å². The number of amides is 2. The molecule has 6 heteroatoms. The predicted molar refractivity (Wildman–Crippen MR) is 59.9 cm³/mol. The van der Waals surface area contributed by atoms with Crippen LogP contribution in [-0.2, 0) is 0 Å². The van der Waals surface area contributed by atoms with E-state index in [2.05, 4.69) is 20.8 Å². The van der Waals surface area contributed by atoms with Crippen LogP contribution in [0.3, 0.4) is 0 Å². The average Bonchev–Trinajstić information content (AvgIpc) is 2.29. The lowest BCUT2D eigenvalue weighted by Crippen LogP contribution is -2.40. The van der Waals surface area contributed by atoms with E-state index in [0.29, 0.717) is 5.82 Å². The largest absolute Gasteiger partial charge is 0.396 e. The van der Waals surface area contributed by atoms with E-state index in [1.54, 1.807) is 12.1 Å². The minimum Gasteiger partial charge on any atom is -0.396 e. The molecule has 0 spiro atoms. The molecule has 0 aliphatic rings. The molecule has 0 radical (unpaired) electrons. The maximum Gasteiger partial charge on any atom is 0.320 e. The van der Waals surface area contributed by atoms with Gasteiger partial charge in [-0.1, -0.05) is 6.92 Å². The van der Waals surface area contributed by atoms with Gasteiger partial charge in [0.1, 0.15) is 0 Å². The van der Waals surface area contributed by atoms with Crippen LogP contribution in [0.25, 0.3) is 0 Å². The summed E-state index contributed by atoms with van der Waals surface area (Å²) >= 11 is 0. The first-order valence-electron chi connectivity index (χ1n) is 5.09. The number of hydrogen-bond donors (Lipinski definition) is 3. The molecule has 0 fully saturated rings. The number of urea groups is 1. The zero-order valence-corrected chi connectivity index (χ0v) is 9.34. The van der Waals surface area contributed by atoms with Crippen LogP contribution in [0.2, 0.25) is 0 Å². The van der Waals surface area contributed by atoms with Crippen molar-refractivity contribution in [3.63, 3.8) is 0 Å². The fourth-order valence-corrected chi connectivity index (χ4v) is 1.03. The number of aromatic nitrogens is 2. The van der Waals surface area contributed by atoms with E-state index in [9.17, 15) is 4.79 Å². The van der Waals surface area contributed by atoms with Crippen LogP contribution in [0.5, 0.6) is 0 Å². The first-order chi connectivity index (χ1) is 7.63. The highest BCUT2D eigenvalue weighted by Crippen LogP contribution is 2.02. The van der Waals surface area contributed by atoms with Crippen LogP contribution in [0, 0.1) is 5.92 Å². The van der Waals surface area contributed by atoms with E-state index in [4.69, 9.17) is 5.11 Å². The molecular formula is C10H16N4O2. The summed E-state index contributed by atoms with van der Waals surface area (Å²) in [7, 11) is 0. The molecule has 0 bridgehead atoms. The number of carbonyl (C=O) groups is 1. The van der Waals surface area contributed by atoms with Crippen molar-refractivity contribution in [2.24, 2.45) is 5.92 Å². The number of nitrogens with one attached hydrogen (secondary N) is 2. The molecule has 1 aromatic heterocycles. The van der Waals surface area contributed by atoms with Crippen molar-refractivity contribution in [3.05, 3.63) is 18.3 Å². The molecule has 3 N–H and O–H groups in total. The summed E-state index contributed by atoms with van der Waals surface area (Å²) in [6.07, 6.45) is 1.53. The first-order valence-corrected chi connectivity index (χ1v) is 5.09. The lowest BCUT2D eigenvalue weighted by Gasteiger charge is -2.19. The summed E-state index contributed by atoms with van der Waals surface area (Å²) in [6.45, 7) is 3.72. The van der Waals surface area contributed by atoms with Crippen LogP contribution < -0.4 is 10.6 Å². The second kappa shape index (κ2) is 6.02. The molecule has 1 aromatic rings. The second-order valence-electron chi connectivity index (χ2n) is 3.66. The van der Waals surface area contributed by atoms with Crippen molar-refractivity contribution < 1.29 is 9.90 Å². The van der Waals surface area contributed by atoms with Gasteiger partial charge < -0.3 is 10.4 Å². The van der Waals surface area contributed by atoms with Crippen LogP contribution in [0.4, 0.5) is 10.6 Å². The van der Waals surface area contributed by atoms with Crippen molar-refractivity contribution in [3.8, 4) is 0 Å². The number of carbonyl (C=O) groups excluding carboxylic acids is 1. The van der Waals surface area contributed by atoms with Gasteiger partial charge >= 0.3 is 6.03 Å². The first kappa shape index (κ1) is 12.4. The molecule has 0 aliphatic carbocycles. The molecule has 2 amide bonds. The van der Waals surface area contributed by atoms with Gasteiger partial charge in [-0.05, 0) is 25.0 Å². The third-order valence-corrected chi connectivity index (χ3v) is 2.31. The predicted octanol–water partition coefficient (Wildman–Crippen LogP) is 0.615. The molecule has 16 heavy (non-hydrogen) atoms. The van der Waals surface area contributed by atoms with E-state index < -0.39 is 0 Å². The number of nitrogens with zero attached hydrogens (tertiary/aromatic N) is 2. The van der Waals surface area contributed by atoms with Gasteiger partial charge in [0.25, 0.3) is 0 Å². The Balaban J connectivity index is 2.42. The van der Waals surface area contributed by atoms with Crippen LogP contribution >= 0.6 is 0 Å². The zero-order chi connectivity index (χ0) is 12.0. The third kappa shape index (κ3) is 3.82. The maximum absolute atomic E-state index is 11.5. The summed E-state index contributed by atoms with van der Waals surface area (Å²) in [5.41, 5.74) is 0. The summed E-state index contributed by atoms with van der Waals surface area (Å²) in [4.78, 5) is 11.5. The molecule has 88 valence electrons. The van der Waals surface area contributed by atoms with Gasteiger partial charge in [0, 0.05) is 18.8 Å². The summed E-state index contributed by atoms with van der Waals surface area (Å²) < 4.78 is 0. The lowest BCUT2D eigenvalue weighted by molar-refractivity contribution is 0.204. The molecule has 2 atom stereocenters. The van der Waals surface area contributed by atoms with E-state index >= 15 is 0 Å². The average molecular weight is 224 g/mol. The van der Waals surface area contributed by atoms with Crippen LogP contribution in [0.15, 0.2) is 18.3 Å². The van der Waals surface area contributed by atoms with E-state index in [0.717, 1.165) is 0 Å². The van der Waals surface area contributed by atoms with E-state index in [1.165, 1.54) is 6.20 Å². The Hall–Kier alpha value is -1.69. The fraction of sp³-hybridized carbons (Fsp3) is 0.500. The van der Waals surface area contributed by atoms with Gasteiger partial charge in [-0.15, -0.1) is 5.10 Å². The van der Waals surface area contributed by atoms with Crippen LogP contribution in [0.1, 0.15) is 13.8 Å². The van der Waals surface area contributed by atoms with Gasteiger partial charge in [0.05, 0.1) is 0 Å². The van der Waals surface area contributed by atoms with Crippen LogP contribution in [-0.4, -0.2) is 34.0 Å². The topological polar surface area (TPSA) is 87.1 Å². The quantitative estimate of drug-likeness (QED) is 0.699. The van der Waals surface area contributed by atoms with Crippen molar-refractivity contribution in [2.75, 3.05) is 11.9 Å². The highest BCUT2D eigenvalue weighted by molar-refractivity contribution is 5.88. The number of rotatable bonds is 4. The smallest absolute Gasteiger partial charge is 0.320 e. The van der Waals surface area contributed by atoms with Crippen molar-refractivity contribution in [1.82, 2.24) is 15.5 Å². The Bertz CT molecular complexity index is 331. The summed E-state index contributed by atoms with van der Waals surface area (Å²) in [5, 5.41) is 21.5. The van der Waals surface area contributed by atoms with Gasteiger partial charge in [-0.25, -0.2) is 4.79 Å². The Morgan fingerprint density at radius 3 is 2.88 bits per heavy atom. The summed E-state index contributed by atoms with van der Waals surface area (Å²) in [5.74, 6) is 0.399. The number of hydrogen-bond acceptors (Lipinski definition) is 4. The molecule has 0 saturated heterocycles. The molecular weight excluding hydrogens is 208 g/mol. The minimum absolute atomic E-state index is 0.00704. The molecule has 0 aromatic carbocycles. The molecule has 2 unspecified atom stereocenters. The number of aliphatic hydroxyl groups is 1. The monoisotopic (exact) mass is 224 g/mol. The van der Waals surface area contributed by atoms with Gasteiger partial charge in [0.2, 0.25) is 0 Å². The maximum atomic E-state index is 11.5. The normalized spacial score (nSPS) is 13.9. The Kier molecular flexibility index (Phi) is 4.65. The van der Waals surface area contributed by atoms with Gasteiger partial charge in [-0.3, -0.25) is 5.32 Å². The van der Waals surface area contributed by atoms with E-state index in [1.807, 2.05) is 13.8 Å². The lowest BCUT2D eigenvalue weighted by atomic mass is 10.1. The van der Waals surface area contributed by atoms with Gasteiger partial charge in [-0.2, -0.15) is 5.10 Å². The molecule has 0 aliphatic heterocycles. The molecule has 0 saturated carbocycles. The Labute approximate surface area is 94.1 Å². The van der Waals surface area contributed by atoms with Crippen molar-refractivity contribution in [2.45, 2.75) is 19.9 Å². The zero-order valence-electron chi connectivity index (χ0n) is 9.34. The molecule has 6 nitrogen and oxygen atoms in total. The van der Waals surface area contributed by atoms with Gasteiger partial charge in [0.15, 0.2) is 5.82 Å². The summed E-state index contributed by atoms with van der Waals surface area (Å²) in [6, 6.07) is 2.87. The minimum atomic E-state index is -0.353. The molecule has 1 heterocycles. The highest BCUT2D eigenvalue weighted by Gasteiger charge is 2.13.